The van der Waals surface area contributed by atoms with Crippen LogP contribution < -0.4 is 15.0 Å². The van der Waals surface area contributed by atoms with Gasteiger partial charge in [-0.2, -0.15) is 0 Å². The van der Waals surface area contributed by atoms with Gasteiger partial charge in [0, 0.05) is 44.1 Å². The molecule has 160 valence electrons. The lowest BCUT2D eigenvalue weighted by Gasteiger charge is -2.36. The molecule has 5 heteroatoms. The van der Waals surface area contributed by atoms with Crippen LogP contribution in [-0.4, -0.2) is 50.1 Å². The molecule has 0 unspecified atom stereocenters. The molecule has 0 bridgehead atoms. The molecule has 0 radical (unpaired) electrons. The predicted octanol–water partition coefficient (Wildman–Crippen LogP) is 3.97. The Morgan fingerprint density at radius 3 is 2.53 bits per heavy atom. The van der Waals surface area contributed by atoms with Crippen LogP contribution in [0.5, 0.6) is 5.75 Å². The Balaban J connectivity index is 1.16. The van der Waals surface area contributed by atoms with E-state index in [9.17, 15) is 4.79 Å². The summed E-state index contributed by atoms with van der Waals surface area (Å²) in [5.74, 6) is 1.62. The van der Waals surface area contributed by atoms with Gasteiger partial charge >= 0.3 is 0 Å². The summed E-state index contributed by atoms with van der Waals surface area (Å²) in [6.07, 6.45) is 2.62. The number of carbonyl (C=O) groups is 1. The van der Waals surface area contributed by atoms with Gasteiger partial charge in [-0.1, -0.05) is 26.0 Å². The van der Waals surface area contributed by atoms with Gasteiger partial charge in [0.05, 0.1) is 13.0 Å². The van der Waals surface area contributed by atoms with E-state index in [-0.39, 0.29) is 5.91 Å². The monoisotopic (exact) mass is 407 g/mol. The van der Waals surface area contributed by atoms with E-state index in [1.165, 1.54) is 11.3 Å². The van der Waals surface area contributed by atoms with Crippen LogP contribution in [0.15, 0.2) is 42.5 Å². The van der Waals surface area contributed by atoms with Gasteiger partial charge in [-0.15, -0.1) is 0 Å². The van der Waals surface area contributed by atoms with E-state index < -0.39 is 0 Å². The zero-order valence-electron chi connectivity index (χ0n) is 18.2. The van der Waals surface area contributed by atoms with Gasteiger partial charge in [0.25, 0.3) is 0 Å². The van der Waals surface area contributed by atoms with Gasteiger partial charge in [-0.3, -0.25) is 9.69 Å². The molecule has 5 nitrogen and oxygen atoms in total. The second-order valence-electron chi connectivity index (χ2n) is 8.84. The first-order valence-electron chi connectivity index (χ1n) is 11.2. The molecule has 1 saturated heterocycles. The number of benzene rings is 2. The van der Waals surface area contributed by atoms with Gasteiger partial charge in [0.15, 0.2) is 0 Å². The lowest BCUT2D eigenvalue weighted by molar-refractivity contribution is -0.115. The van der Waals surface area contributed by atoms with Crippen molar-refractivity contribution in [1.82, 2.24) is 4.90 Å². The summed E-state index contributed by atoms with van der Waals surface area (Å²) >= 11 is 0. The predicted molar refractivity (Wildman–Crippen MR) is 123 cm³/mol. The van der Waals surface area contributed by atoms with E-state index in [4.69, 9.17) is 4.74 Å². The third-order valence-corrected chi connectivity index (χ3v) is 5.91. The third-order valence-electron chi connectivity index (χ3n) is 5.91. The van der Waals surface area contributed by atoms with Crippen molar-refractivity contribution in [2.24, 2.45) is 5.92 Å². The Labute approximate surface area is 180 Å². The third kappa shape index (κ3) is 5.33. The van der Waals surface area contributed by atoms with Crippen molar-refractivity contribution < 1.29 is 9.53 Å². The van der Waals surface area contributed by atoms with E-state index >= 15 is 0 Å². The molecule has 2 heterocycles. The molecule has 1 amide bonds. The van der Waals surface area contributed by atoms with E-state index in [1.54, 1.807) is 0 Å². The van der Waals surface area contributed by atoms with Gasteiger partial charge in [0.1, 0.15) is 5.75 Å². The molecule has 1 N–H and O–H groups in total. The second-order valence-corrected chi connectivity index (χ2v) is 8.84. The SMILES string of the molecule is CC(C)Cc1ccc(N2CCN(CCCOc3ccc4c(c3)CC(=O)N4)CC2)cc1. The first kappa shape index (κ1) is 20.7. The topological polar surface area (TPSA) is 44.8 Å². The molecule has 0 aromatic heterocycles. The molecule has 1 fully saturated rings. The van der Waals surface area contributed by atoms with Crippen LogP contribution >= 0.6 is 0 Å². The zero-order valence-corrected chi connectivity index (χ0v) is 18.2. The number of hydrogen-bond donors (Lipinski definition) is 1. The quantitative estimate of drug-likeness (QED) is 0.673. The molecule has 0 spiro atoms. The van der Waals surface area contributed by atoms with Crippen LogP contribution in [0.3, 0.4) is 0 Å². The second kappa shape index (κ2) is 9.52. The van der Waals surface area contributed by atoms with Crippen molar-refractivity contribution in [3.05, 3.63) is 53.6 Å². The number of hydrogen-bond acceptors (Lipinski definition) is 4. The van der Waals surface area contributed by atoms with Crippen LogP contribution in [-0.2, 0) is 17.6 Å². The van der Waals surface area contributed by atoms with Crippen molar-refractivity contribution in [3.8, 4) is 5.75 Å². The first-order valence-corrected chi connectivity index (χ1v) is 11.2. The van der Waals surface area contributed by atoms with Gasteiger partial charge in [-0.05, 0) is 60.2 Å². The summed E-state index contributed by atoms with van der Waals surface area (Å²) in [5, 5.41) is 2.86. The van der Waals surface area contributed by atoms with Gasteiger partial charge in [0.2, 0.25) is 5.91 Å². The maximum atomic E-state index is 11.5. The summed E-state index contributed by atoms with van der Waals surface area (Å²) in [5.41, 5.74) is 4.72. The average molecular weight is 408 g/mol. The smallest absolute Gasteiger partial charge is 0.228 e. The summed E-state index contributed by atoms with van der Waals surface area (Å²) in [7, 11) is 0. The van der Waals surface area contributed by atoms with E-state index in [2.05, 4.69) is 53.2 Å². The number of nitrogens with one attached hydrogen (secondary N) is 1. The number of nitrogens with zero attached hydrogens (tertiary/aromatic N) is 2. The number of piperazine rings is 1. The zero-order chi connectivity index (χ0) is 20.9. The number of ether oxygens (including phenoxy) is 1. The van der Waals surface area contributed by atoms with Crippen molar-refractivity contribution in [2.45, 2.75) is 33.1 Å². The summed E-state index contributed by atoms with van der Waals surface area (Å²) in [4.78, 5) is 16.5. The van der Waals surface area contributed by atoms with Crippen LogP contribution in [0.2, 0.25) is 0 Å². The Morgan fingerprint density at radius 2 is 1.80 bits per heavy atom. The fraction of sp³-hybridized carbons (Fsp3) is 0.480. The minimum Gasteiger partial charge on any atom is -0.494 e. The molecule has 30 heavy (non-hydrogen) atoms. The van der Waals surface area contributed by atoms with Gasteiger partial charge in [-0.25, -0.2) is 0 Å². The summed E-state index contributed by atoms with van der Waals surface area (Å²) in [6, 6.07) is 15.0. The number of amides is 1. The van der Waals surface area contributed by atoms with Crippen LogP contribution in [0.1, 0.15) is 31.4 Å². The molecular weight excluding hydrogens is 374 g/mol. The highest BCUT2D eigenvalue weighted by Crippen LogP contribution is 2.27. The number of anilines is 2. The molecule has 2 aromatic carbocycles. The summed E-state index contributed by atoms with van der Waals surface area (Å²) in [6.45, 7) is 10.7. The molecule has 4 rings (SSSR count). The van der Waals surface area contributed by atoms with E-state index in [1.807, 2.05) is 18.2 Å². The van der Waals surface area contributed by atoms with Crippen molar-refractivity contribution in [3.63, 3.8) is 0 Å². The van der Waals surface area contributed by atoms with Gasteiger partial charge < -0.3 is 15.0 Å². The molecule has 2 aliphatic heterocycles. The van der Waals surface area contributed by atoms with Crippen LogP contribution in [0.25, 0.3) is 0 Å². The standard InChI is InChI=1S/C25H33N3O2/c1-19(2)16-20-4-6-22(7-5-20)28-13-11-27(12-14-28)10-3-15-30-23-8-9-24-21(17-23)18-25(29)26-24/h4-9,17,19H,3,10-16,18H2,1-2H3,(H,26,29). The Morgan fingerprint density at radius 1 is 1.03 bits per heavy atom. The highest BCUT2D eigenvalue weighted by molar-refractivity contribution is 5.99. The maximum Gasteiger partial charge on any atom is 0.228 e. The lowest BCUT2D eigenvalue weighted by atomic mass is 10.0. The normalized spacial score (nSPS) is 16.6. The minimum absolute atomic E-state index is 0.0628. The molecular formula is C25H33N3O2. The Hall–Kier alpha value is -2.53. The average Bonchev–Trinajstić information content (AvgIpc) is 3.11. The first-order chi connectivity index (χ1) is 14.6. The van der Waals surface area contributed by atoms with Crippen molar-refractivity contribution in [2.75, 3.05) is 49.5 Å². The van der Waals surface area contributed by atoms with E-state index in [0.29, 0.717) is 18.9 Å². The van der Waals surface area contributed by atoms with Crippen molar-refractivity contribution >= 4 is 17.3 Å². The van der Waals surface area contributed by atoms with E-state index in [0.717, 1.165) is 62.6 Å². The van der Waals surface area contributed by atoms with Crippen LogP contribution in [0.4, 0.5) is 11.4 Å². The lowest BCUT2D eigenvalue weighted by Crippen LogP contribution is -2.46. The molecule has 2 aliphatic rings. The molecule has 0 atom stereocenters. The minimum atomic E-state index is 0.0628. The van der Waals surface area contributed by atoms with Crippen molar-refractivity contribution in [1.29, 1.82) is 0 Å². The molecule has 0 aliphatic carbocycles. The Bertz CT molecular complexity index is 855. The van der Waals surface area contributed by atoms with Crippen LogP contribution in [0, 0.1) is 5.92 Å². The number of fused-ring (bicyclic) bond motifs is 1. The fourth-order valence-corrected chi connectivity index (χ4v) is 4.32. The number of rotatable bonds is 8. The highest BCUT2D eigenvalue weighted by atomic mass is 16.5. The largest absolute Gasteiger partial charge is 0.494 e. The Kier molecular flexibility index (Phi) is 6.58. The molecule has 0 saturated carbocycles. The molecule has 2 aromatic rings. The summed E-state index contributed by atoms with van der Waals surface area (Å²) < 4.78 is 5.91. The number of carbonyl (C=O) groups excluding carboxylic acids is 1. The highest BCUT2D eigenvalue weighted by Gasteiger charge is 2.18. The maximum absolute atomic E-state index is 11.5. The fourth-order valence-electron chi connectivity index (χ4n) is 4.32.